The van der Waals surface area contributed by atoms with E-state index in [-0.39, 0.29) is 25.7 Å². The molecule has 3 N–H and O–H groups in total. The summed E-state index contributed by atoms with van der Waals surface area (Å²) in [6.07, 6.45) is 57.4. The zero-order valence-electron chi connectivity index (χ0n) is 64.3. The SMILES string of the molecule is CCCCCCCCCCCCCCCCCCCCCCCCC(=O)O[C@H](COC(=O)CCCCCCCCCCCCCCCCC(C)C)COP(=O)(O)OC[C@@H](O)COP(=O)(O)OC[C@@H](COC(=O)CCCCCCCCC(C)C)OC(=O)CCCCCCCCC(C)CC. The number of rotatable bonds is 77. The molecule has 0 amide bonds. The maximum atomic E-state index is 13.1. The number of aliphatic hydroxyl groups is 1. The van der Waals surface area contributed by atoms with Crippen LogP contribution in [0.1, 0.15) is 408 Å². The van der Waals surface area contributed by atoms with Crippen LogP contribution in [0.3, 0.4) is 0 Å². The molecule has 0 aromatic rings. The molecule has 0 aliphatic carbocycles. The number of ether oxygens (including phenoxy) is 4. The summed E-state index contributed by atoms with van der Waals surface area (Å²) in [7, 11) is -9.91. The fraction of sp³-hybridized carbons (Fsp3) is 0.949. The van der Waals surface area contributed by atoms with E-state index in [0.29, 0.717) is 31.6 Å². The lowest BCUT2D eigenvalue weighted by Gasteiger charge is -2.21. The molecule has 19 heteroatoms. The van der Waals surface area contributed by atoms with Crippen LogP contribution in [0.15, 0.2) is 0 Å². The number of esters is 4. The molecule has 0 spiro atoms. The first-order valence-electron chi connectivity index (χ1n) is 40.9. The average molecular weight is 1440 g/mol. The maximum absolute atomic E-state index is 13.1. The molecule has 17 nitrogen and oxygen atoms in total. The highest BCUT2D eigenvalue weighted by Gasteiger charge is 2.30. The van der Waals surface area contributed by atoms with E-state index in [2.05, 4.69) is 48.5 Å². The van der Waals surface area contributed by atoms with Crippen LogP contribution in [-0.2, 0) is 65.4 Å². The molecule has 98 heavy (non-hydrogen) atoms. The lowest BCUT2D eigenvalue weighted by molar-refractivity contribution is -0.161. The summed E-state index contributed by atoms with van der Waals surface area (Å²) in [5, 5.41) is 10.6. The largest absolute Gasteiger partial charge is 0.472 e. The van der Waals surface area contributed by atoms with Gasteiger partial charge < -0.3 is 33.8 Å². The summed E-state index contributed by atoms with van der Waals surface area (Å²) in [4.78, 5) is 72.8. The minimum absolute atomic E-state index is 0.102. The van der Waals surface area contributed by atoms with Crippen LogP contribution in [0.2, 0.25) is 0 Å². The van der Waals surface area contributed by atoms with Gasteiger partial charge in [-0.2, -0.15) is 0 Å². The first-order chi connectivity index (χ1) is 47.3. The van der Waals surface area contributed by atoms with Crippen molar-refractivity contribution in [2.75, 3.05) is 39.6 Å². The summed E-state index contributed by atoms with van der Waals surface area (Å²) in [5.74, 6) is 0.0772. The summed E-state index contributed by atoms with van der Waals surface area (Å²) in [6.45, 7) is 11.8. The highest BCUT2D eigenvalue weighted by molar-refractivity contribution is 7.47. The number of phosphoric ester groups is 2. The molecule has 0 radical (unpaired) electrons. The Morgan fingerprint density at radius 1 is 0.296 bits per heavy atom. The van der Waals surface area contributed by atoms with Gasteiger partial charge >= 0.3 is 39.5 Å². The van der Waals surface area contributed by atoms with Crippen molar-refractivity contribution >= 4 is 39.5 Å². The van der Waals surface area contributed by atoms with E-state index in [9.17, 15) is 43.2 Å². The fourth-order valence-electron chi connectivity index (χ4n) is 12.1. The predicted octanol–water partition coefficient (Wildman–Crippen LogP) is 23.4. The third kappa shape index (κ3) is 71.1. The molecule has 0 aromatic heterocycles. The van der Waals surface area contributed by atoms with Gasteiger partial charge in [0.25, 0.3) is 0 Å². The minimum Gasteiger partial charge on any atom is -0.462 e. The van der Waals surface area contributed by atoms with Gasteiger partial charge in [-0.15, -0.1) is 0 Å². The molecule has 0 aliphatic heterocycles. The van der Waals surface area contributed by atoms with Crippen LogP contribution < -0.4 is 0 Å². The first kappa shape index (κ1) is 96.1. The van der Waals surface area contributed by atoms with Crippen molar-refractivity contribution in [3.63, 3.8) is 0 Å². The van der Waals surface area contributed by atoms with E-state index >= 15 is 0 Å². The molecule has 6 atom stereocenters. The molecule has 0 aromatic carbocycles. The van der Waals surface area contributed by atoms with E-state index in [1.165, 1.54) is 212 Å². The fourth-order valence-corrected chi connectivity index (χ4v) is 13.7. The number of carbonyl (C=O) groups excluding carboxylic acids is 4. The van der Waals surface area contributed by atoms with Crippen molar-refractivity contribution in [3.8, 4) is 0 Å². The summed E-state index contributed by atoms with van der Waals surface area (Å²) in [5.41, 5.74) is 0. The Morgan fingerprint density at radius 2 is 0.520 bits per heavy atom. The van der Waals surface area contributed by atoms with Crippen LogP contribution in [0, 0.1) is 17.8 Å². The molecule has 3 unspecified atom stereocenters. The lowest BCUT2D eigenvalue weighted by Crippen LogP contribution is -2.30. The topological polar surface area (TPSA) is 237 Å². The molecule has 0 saturated carbocycles. The van der Waals surface area contributed by atoms with Gasteiger partial charge in [-0.3, -0.25) is 37.3 Å². The van der Waals surface area contributed by atoms with Crippen LogP contribution >= 0.6 is 15.6 Å². The van der Waals surface area contributed by atoms with Crippen LogP contribution in [-0.4, -0.2) is 96.7 Å². The molecular formula is C79H154O17P2. The van der Waals surface area contributed by atoms with Crippen molar-refractivity contribution in [2.24, 2.45) is 17.8 Å². The number of phosphoric acid groups is 2. The zero-order chi connectivity index (χ0) is 72.3. The monoisotopic (exact) mass is 1440 g/mol. The van der Waals surface area contributed by atoms with Gasteiger partial charge in [0.1, 0.15) is 19.3 Å². The Balaban J connectivity index is 5.18. The number of hydrogen-bond donors (Lipinski definition) is 3. The van der Waals surface area contributed by atoms with Gasteiger partial charge in [-0.05, 0) is 43.4 Å². The van der Waals surface area contributed by atoms with E-state index in [1.807, 2.05) is 0 Å². The number of aliphatic hydroxyl groups excluding tert-OH is 1. The highest BCUT2D eigenvalue weighted by Crippen LogP contribution is 2.45. The lowest BCUT2D eigenvalue weighted by atomic mass is 10.00. The van der Waals surface area contributed by atoms with Gasteiger partial charge in [0, 0.05) is 25.7 Å². The molecule has 0 heterocycles. The Labute approximate surface area is 600 Å². The highest BCUT2D eigenvalue weighted by atomic mass is 31.2. The van der Waals surface area contributed by atoms with Gasteiger partial charge in [0.05, 0.1) is 26.4 Å². The summed E-state index contributed by atoms with van der Waals surface area (Å²) >= 11 is 0. The molecule has 0 rings (SSSR count). The predicted molar refractivity (Wildman–Crippen MR) is 400 cm³/mol. The van der Waals surface area contributed by atoms with Gasteiger partial charge in [-0.1, -0.05) is 357 Å². The van der Waals surface area contributed by atoms with Crippen molar-refractivity contribution in [3.05, 3.63) is 0 Å². The van der Waals surface area contributed by atoms with Crippen molar-refractivity contribution in [1.82, 2.24) is 0 Å². The first-order valence-corrected chi connectivity index (χ1v) is 43.9. The summed E-state index contributed by atoms with van der Waals surface area (Å²) < 4.78 is 68.5. The molecule has 0 aliphatic rings. The second-order valence-corrected chi connectivity index (χ2v) is 32.6. The standard InChI is InChI=1S/C79H154O17P2/c1-8-10-11-12-13-14-15-16-17-18-19-20-21-22-23-24-29-32-35-38-48-55-62-78(83)95-74(66-89-76(81)60-53-46-37-34-31-28-26-25-27-30-33-36-43-50-57-70(3)4)68-93-97(85,86)91-64-73(80)65-92-98(87,88)94-69-75(67-90-77(82)61-54-47-41-39-44-51-58-71(5)6)96-79(84)63-56-49-42-40-45-52-59-72(7)9-2/h70-75,80H,8-69H2,1-7H3,(H,85,86)(H,87,88)/t72?,73-,74-,75-/m1/s1. The summed E-state index contributed by atoms with van der Waals surface area (Å²) in [6, 6.07) is 0. The van der Waals surface area contributed by atoms with E-state index in [1.54, 1.807) is 0 Å². The van der Waals surface area contributed by atoms with E-state index < -0.39 is 97.5 Å². The molecule has 0 saturated heterocycles. The van der Waals surface area contributed by atoms with Crippen LogP contribution in [0.5, 0.6) is 0 Å². The Morgan fingerprint density at radius 3 is 0.776 bits per heavy atom. The molecular weight excluding hydrogens is 1280 g/mol. The van der Waals surface area contributed by atoms with Gasteiger partial charge in [-0.25, -0.2) is 9.13 Å². The Hall–Kier alpha value is -1.94. The third-order valence-corrected chi connectivity index (χ3v) is 20.6. The normalized spacial score (nSPS) is 14.3. The maximum Gasteiger partial charge on any atom is 0.472 e. The molecule has 0 bridgehead atoms. The number of unbranched alkanes of at least 4 members (excludes halogenated alkanes) is 44. The van der Waals surface area contributed by atoms with Crippen molar-refractivity contribution in [2.45, 2.75) is 426 Å². The number of carbonyl (C=O) groups is 4. The van der Waals surface area contributed by atoms with E-state index in [0.717, 1.165) is 108 Å². The van der Waals surface area contributed by atoms with E-state index in [4.69, 9.17) is 37.0 Å². The molecule has 0 fully saturated rings. The number of hydrogen-bond acceptors (Lipinski definition) is 15. The zero-order valence-corrected chi connectivity index (χ0v) is 66.0. The quantitative estimate of drug-likeness (QED) is 0.0222. The van der Waals surface area contributed by atoms with Gasteiger partial charge in [0.15, 0.2) is 12.2 Å². The van der Waals surface area contributed by atoms with Gasteiger partial charge in [0.2, 0.25) is 0 Å². The average Bonchev–Trinajstić information content (AvgIpc) is 1.90. The Bertz CT molecular complexity index is 1910. The second kappa shape index (κ2) is 69.4. The molecule has 582 valence electrons. The minimum atomic E-state index is -4.96. The van der Waals surface area contributed by atoms with Crippen molar-refractivity contribution in [1.29, 1.82) is 0 Å². The van der Waals surface area contributed by atoms with Crippen LogP contribution in [0.25, 0.3) is 0 Å². The third-order valence-electron chi connectivity index (χ3n) is 18.7. The Kier molecular flexibility index (Phi) is 68.1. The smallest absolute Gasteiger partial charge is 0.462 e. The van der Waals surface area contributed by atoms with Crippen molar-refractivity contribution < 1.29 is 80.2 Å². The van der Waals surface area contributed by atoms with Crippen LogP contribution in [0.4, 0.5) is 0 Å². The second-order valence-electron chi connectivity index (χ2n) is 29.6.